The average molecular weight is 486 g/mol. The fraction of sp³-hybridized carbons (Fsp3) is 0.450. The van der Waals surface area contributed by atoms with Gasteiger partial charge >= 0.3 is 0 Å². The van der Waals surface area contributed by atoms with E-state index in [1.54, 1.807) is 24.1 Å². The normalized spacial score (nSPS) is 18.9. The van der Waals surface area contributed by atoms with Crippen molar-refractivity contribution in [1.29, 1.82) is 0 Å². The third-order valence-corrected chi connectivity index (χ3v) is 6.90. The van der Waals surface area contributed by atoms with Gasteiger partial charge in [-0.2, -0.15) is 0 Å². The lowest BCUT2D eigenvalue weighted by molar-refractivity contribution is -0.119. The molecule has 1 aromatic carbocycles. The van der Waals surface area contributed by atoms with Gasteiger partial charge in [0, 0.05) is 31.8 Å². The SMILES string of the molecule is CC(=O)NC1CCC(CS(=O)(=O)NNC(=O)c2cc(-c3cn(C)cn3)cc(Cl)c2F)CC1. The maximum atomic E-state index is 14.4. The molecule has 0 unspecified atom stereocenters. The first kappa shape index (κ1) is 24.1. The molecule has 2 aromatic rings. The Bertz CT molecular complexity index is 1110. The first-order chi connectivity index (χ1) is 15.0. The maximum Gasteiger partial charge on any atom is 0.269 e. The van der Waals surface area contributed by atoms with E-state index in [-0.39, 0.29) is 28.6 Å². The van der Waals surface area contributed by atoms with Crippen LogP contribution in [-0.4, -0.2) is 41.6 Å². The minimum absolute atomic E-state index is 0.0539. The van der Waals surface area contributed by atoms with Crippen molar-refractivity contribution in [1.82, 2.24) is 25.1 Å². The zero-order valence-corrected chi connectivity index (χ0v) is 19.3. The summed E-state index contributed by atoms with van der Waals surface area (Å²) in [6.45, 7) is 1.45. The Morgan fingerprint density at radius 1 is 1.25 bits per heavy atom. The van der Waals surface area contributed by atoms with Gasteiger partial charge < -0.3 is 9.88 Å². The number of carbonyl (C=O) groups is 2. The first-order valence-corrected chi connectivity index (χ1v) is 12.1. The van der Waals surface area contributed by atoms with Crippen molar-refractivity contribution < 1.29 is 22.4 Å². The summed E-state index contributed by atoms with van der Waals surface area (Å²) in [7, 11) is -2.09. The highest BCUT2D eigenvalue weighted by atomic mass is 35.5. The second-order valence-electron chi connectivity index (χ2n) is 8.00. The van der Waals surface area contributed by atoms with Crippen LogP contribution in [0, 0.1) is 11.7 Å². The Balaban J connectivity index is 1.61. The number of hydrogen-bond donors (Lipinski definition) is 3. The molecule has 0 radical (unpaired) electrons. The molecule has 0 spiro atoms. The smallest absolute Gasteiger partial charge is 0.269 e. The van der Waals surface area contributed by atoms with Crippen molar-refractivity contribution in [2.24, 2.45) is 13.0 Å². The molecule has 3 N–H and O–H groups in total. The van der Waals surface area contributed by atoms with Gasteiger partial charge in [-0.25, -0.2) is 17.8 Å². The molecule has 9 nitrogen and oxygen atoms in total. The molecule has 1 aliphatic carbocycles. The average Bonchev–Trinajstić information content (AvgIpc) is 3.15. The molecule has 1 aliphatic rings. The number of sulfonamides is 1. The van der Waals surface area contributed by atoms with Crippen LogP contribution in [0.25, 0.3) is 11.3 Å². The highest BCUT2D eigenvalue weighted by Crippen LogP contribution is 2.27. The number of hydrogen-bond acceptors (Lipinski definition) is 5. The number of rotatable bonds is 7. The number of halogens is 2. The number of nitrogens with zero attached hydrogens (tertiary/aromatic N) is 2. The van der Waals surface area contributed by atoms with Crippen molar-refractivity contribution in [3.63, 3.8) is 0 Å². The second-order valence-corrected chi connectivity index (χ2v) is 10.2. The Morgan fingerprint density at radius 2 is 1.94 bits per heavy atom. The van der Waals surface area contributed by atoms with Gasteiger partial charge in [0.1, 0.15) is 0 Å². The minimum atomic E-state index is -3.85. The Labute approximate surface area is 190 Å². The van der Waals surface area contributed by atoms with E-state index in [9.17, 15) is 22.4 Å². The summed E-state index contributed by atoms with van der Waals surface area (Å²) in [5.41, 5.74) is 2.55. The van der Waals surface area contributed by atoms with Crippen LogP contribution < -0.4 is 15.6 Å². The lowest BCUT2D eigenvalue weighted by atomic mass is 9.87. The van der Waals surface area contributed by atoms with Crippen LogP contribution in [0.1, 0.15) is 43.0 Å². The quantitative estimate of drug-likeness (QED) is 0.518. The zero-order valence-electron chi connectivity index (χ0n) is 17.7. The summed E-state index contributed by atoms with van der Waals surface area (Å²) < 4.78 is 40.9. The molecule has 2 amide bonds. The van der Waals surface area contributed by atoms with Crippen molar-refractivity contribution in [3.05, 3.63) is 41.1 Å². The van der Waals surface area contributed by atoms with Crippen LogP contribution in [0.4, 0.5) is 4.39 Å². The summed E-state index contributed by atoms with van der Waals surface area (Å²) in [5.74, 6) is -2.32. The van der Waals surface area contributed by atoms with Gasteiger partial charge in [0.05, 0.1) is 28.4 Å². The van der Waals surface area contributed by atoms with Gasteiger partial charge in [0.25, 0.3) is 5.91 Å². The summed E-state index contributed by atoms with van der Waals surface area (Å²) >= 11 is 5.93. The van der Waals surface area contributed by atoms with E-state index in [1.165, 1.54) is 19.1 Å². The Kier molecular flexibility index (Phi) is 7.52. The third-order valence-electron chi connectivity index (χ3n) is 5.30. The van der Waals surface area contributed by atoms with E-state index in [4.69, 9.17) is 11.6 Å². The predicted molar refractivity (Wildman–Crippen MR) is 118 cm³/mol. The number of benzene rings is 1. The first-order valence-electron chi connectivity index (χ1n) is 10.1. The second kappa shape index (κ2) is 9.97. The van der Waals surface area contributed by atoms with E-state index in [2.05, 4.69) is 15.7 Å². The number of nitrogens with one attached hydrogen (secondary N) is 3. The molecule has 1 saturated carbocycles. The molecule has 1 fully saturated rings. The van der Waals surface area contributed by atoms with Crippen LogP contribution in [0.15, 0.2) is 24.7 Å². The zero-order chi connectivity index (χ0) is 23.5. The van der Waals surface area contributed by atoms with Crippen molar-refractivity contribution in [2.75, 3.05) is 5.75 Å². The Hall–Kier alpha value is -2.50. The van der Waals surface area contributed by atoms with E-state index >= 15 is 0 Å². The van der Waals surface area contributed by atoms with Crippen LogP contribution in [0.5, 0.6) is 0 Å². The monoisotopic (exact) mass is 485 g/mol. The molecule has 0 bridgehead atoms. The number of amides is 2. The van der Waals surface area contributed by atoms with Crippen molar-refractivity contribution >= 4 is 33.4 Å². The van der Waals surface area contributed by atoms with E-state index < -0.39 is 27.3 Å². The summed E-state index contributed by atoms with van der Waals surface area (Å²) in [6.07, 6.45) is 5.87. The molecule has 1 heterocycles. The fourth-order valence-corrected chi connectivity index (χ4v) is 5.27. The van der Waals surface area contributed by atoms with Crippen LogP contribution in [0.3, 0.4) is 0 Å². The molecule has 1 aromatic heterocycles. The lowest BCUT2D eigenvalue weighted by Crippen LogP contribution is -2.45. The summed E-state index contributed by atoms with van der Waals surface area (Å²) in [5, 5.41) is 2.56. The largest absolute Gasteiger partial charge is 0.354 e. The maximum absolute atomic E-state index is 14.4. The number of aryl methyl sites for hydroxylation is 1. The van der Waals surface area contributed by atoms with Gasteiger partial charge in [0.15, 0.2) is 5.82 Å². The number of carbonyl (C=O) groups excluding carboxylic acids is 2. The molecular formula is C20H25ClFN5O4S. The predicted octanol–water partition coefficient (Wildman–Crippen LogP) is 2.14. The van der Waals surface area contributed by atoms with Gasteiger partial charge in [-0.1, -0.05) is 11.6 Å². The molecule has 174 valence electrons. The number of aromatic nitrogens is 2. The Morgan fingerprint density at radius 3 is 2.53 bits per heavy atom. The topological polar surface area (TPSA) is 122 Å². The van der Waals surface area contributed by atoms with E-state index in [0.717, 1.165) is 0 Å². The third kappa shape index (κ3) is 6.27. The van der Waals surface area contributed by atoms with Crippen molar-refractivity contribution in [3.8, 4) is 11.3 Å². The molecule has 0 atom stereocenters. The summed E-state index contributed by atoms with van der Waals surface area (Å²) in [4.78, 5) is 29.8. The number of imidazole rings is 1. The van der Waals surface area contributed by atoms with Gasteiger partial charge in [0.2, 0.25) is 15.9 Å². The van der Waals surface area contributed by atoms with Gasteiger partial charge in [-0.15, -0.1) is 4.83 Å². The molecule has 0 aliphatic heterocycles. The van der Waals surface area contributed by atoms with Crippen LogP contribution in [0.2, 0.25) is 5.02 Å². The van der Waals surface area contributed by atoms with Crippen molar-refractivity contribution in [2.45, 2.75) is 38.6 Å². The minimum Gasteiger partial charge on any atom is -0.354 e. The van der Waals surface area contributed by atoms with E-state index in [0.29, 0.717) is 36.9 Å². The molecule has 12 heteroatoms. The lowest BCUT2D eigenvalue weighted by Gasteiger charge is -2.28. The number of hydrazine groups is 1. The summed E-state index contributed by atoms with van der Waals surface area (Å²) in [6, 6.07) is 2.66. The van der Waals surface area contributed by atoms with E-state index in [1.807, 2.05) is 4.83 Å². The van der Waals surface area contributed by atoms with Gasteiger partial charge in [-0.3, -0.25) is 15.0 Å². The molecule has 32 heavy (non-hydrogen) atoms. The van der Waals surface area contributed by atoms with Crippen LogP contribution >= 0.6 is 11.6 Å². The van der Waals surface area contributed by atoms with Gasteiger partial charge in [-0.05, 0) is 43.7 Å². The highest BCUT2D eigenvalue weighted by Gasteiger charge is 2.27. The molecule has 0 saturated heterocycles. The molecule has 3 rings (SSSR count). The molecular weight excluding hydrogens is 461 g/mol. The fourth-order valence-electron chi connectivity index (χ4n) is 3.77. The standard InChI is InChI=1S/C20H25ClFN5O4S/c1-12(28)24-15-5-3-13(4-6-15)10-32(30,31)26-25-20(29)16-7-14(8-17(21)19(16)22)18-9-27(2)11-23-18/h7-9,11,13,15,26H,3-6,10H2,1-2H3,(H,24,28)(H,25,29). The highest BCUT2D eigenvalue weighted by molar-refractivity contribution is 7.89. The van der Waals surface area contributed by atoms with Crippen LogP contribution in [-0.2, 0) is 21.9 Å².